The number of hydrogen-bond donors (Lipinski definition) is 3. The van der Waals surface area contributed by atoms with E-state index in [9.17, 15) is 19.2 Å². The summed E-state index contributed by atoms with van der Waals surface area (Å²) in [4.78, 5) is 50.5. The monoisotopic (exact) mass is 514 g/mol. The summed E-state index contributed by atoms with van der Waals surface area (Å²) in [5.41, 5.74) is 2.81. The minimum Gasteiger partial charge on any atom is -0.493 e. The minimum absolute atomic E-state index is 0.0103. The second-order valence-corrected chi connectivity index (χ2v) is 8.41. The molecule has 5 amide bonds. The van der Waals surface area contributed by atoms with Crippen molar-refractivity contribution in [2.75, 3.05) is 30.9 Å². The average molecular weight is 515 g/mol. The van der Waals surface area contributed by atoms with E-state index in [1.807, 2.05) is 37.3 Å². The number of carbonyl (C=O) groups is 4. The topological polar surface area (TPSA) is 126 Å². The van der Waals surface area contributed by atoms with Crippen LogP contribution in [0.4, 0.5) is 16.2 Å². The van der Waals surface area contributed by atoms with Crippen molar-refractivity contribution in [3.63, 3.8) is 0 Å². The Morgan fingerprint density at radius 2 is 1.58 bits per heavy atom. The number of carbonyl (C=O) groups excluding carboxylic acids is 4. The molecule has 10 nitrogen and oxygen atoms in total. The summed E-state index contributed by atoms with van der Waals surface area (Å²) in [6.07, 6.45) is 1.46. The molecular formula is C28H26N4O6. The first-order valence-electron chi connectivity index (χ1n) is 11.7. The molecule has 0 radical (unpaired) electrons. The van der Waals surface area contributed by atoms with Crippen LogP contribution in [0.1, 0.15) is 11.1 Å². The van der Waals surface area contributed by atoms with Crippen molar-refractivity contribution in [3.05, 3.63) is 89.6 Å². The molecule has 0 bridgehead atoms. The molecule has 0 aromatic heterocycles. The summed E-state index contributed by atoms with van der Waals surface area (Å²) in [7, 11) is 1.44. The van der Waals surface area contributed by atoms with Gasteiger partial charge in [0.25, 0.3) is 11.8 Å². The predicted molar refractivity (Wildman–Crippen MR) is 142 cm³/mol. The van der Waals surface area contributed by atoms with Gasteiger partial charge in [-0.05, 0) is 55.0 Å². The maximum atomic E-state index is 12.8. The number of nitrogens with zero attached hydrogens (tertiary/aromatic N) is 1. The van der Waals surface area contributed by atoms with Crippen molar-refractivity contribution in [3.8, 4) is 11.5 Å². The van der Waals surface area contributed by atoms with Crippen LogP contribution in [0.3, 0.4) is 0 Å². The average Bonchev–Trinajstić information content (AvgIpc) is 3.16. The Hall–Kier alpha value is -5.12. The van der Waals surface area contributed by atoms with E-state index in [0.29, 0.717) is 28.4 Å². The number of imide groups is 1. The molecule has 3 N–H and O–H groups in total. The number of hydrogen-bond acceptors (Lipinski definition) is 6. The van der Waals surface area contributed by atoms with Crippen LogP contribution in [0.2, 0.25) is 0 Å². The molecule has 194 valence electrons. The van der Waals surface area contributed by atoms with Crippen LogP contribution in [-0.2, 0) is 14.4 Å². The van der Waals surface area contributed by atoms with Crippen molar-refractivity contribution in [1.82, 2.24) is 10.2 Å². The van der Waals surface area contributed by atoms with E-state index in [-0.39, 0.29) is 18.2 Å². The van der Waals surface area contributed by atoms with Gasteiger partial charge >= 0.3 is 6.03 Å². The maximum absolute atomic E-state index is 12.8. The van der Waals surface area contributed by atoms with E-state index in [2.05, 4.69) is 16.0 Å². The number of amides is 5. The van der Waals surface area contributed by atoms with Gasteiger partial charge in [-0.15, -0.1) is 0 Å². The highest BCUT2D eigenvalue weighted by Crippen LogP contribution is 2.29. The Kier molecular flexibility index (Phi) is 8.02. The van der Waals surface area contributed by atoms with Crippen molar-refractivity contribution in [2.45, 2.75) is 6.92 Å². The first-order chi connectivity index (χ1) is 18.3. The van der Waals surface area contributed by atoms with Gasteiger partial charge in [-0.25, -0.2) is 9.69 Å². The first-order valence-corrected chi connectivity index (χ1v) is 11.7. The second-order valence-electron chi connectivity index (χ2n) is 8.41. The summed E-state index contributed by atoms with van der Waals surface area (Å²) in [6.45, 7) is 1.26. The molecule has 1 fully saturated rings. The molecule has 1 aliphatic rings. The fraction of sp³-hybridized carbons (Fsp3) is 0.143. The van der Waals surface area contributed by atoms with Gasteiger partial charge in [0, 0.05) is 11.4 Å². The van der Waals surface area contributed by atoms with Gasteiger partial charge in [0.2, 0.25) is 5.91 Å². The zero-order valence-corrected chi connectivity index (χ0v) is 20.8. The van der Waals surface area contributed by atoms with Crippen LogP contribution in [0, 0.1) is 6.92 Å². The van der Waals surface area contributed by atoms with Crippen molar-refractivity contribution < 1.29 is 28.7 Å². The van der Waals surface area contributed by atoms with Crippen LogP contribution in [-0.4, -0.2) is 48.9 Å². The van der Waals surface area contributed by atoms with Crippen LogP contribution in [0.5, 0.6) is 11.5 Å². The summed E-state index contributed by atoms with van der Waals surface area (Å²) in [5, 5.41) is 7.88. The van der Waals surface area contributed by atoms with Gasteiger partial charge in [-0.3, -0.25) is 14.4 Å². The molecule has 0 aliphatic carbocycles. The van der Waals surface area contributed by atoms with Crippen LogP contribution in [0.25, 0.3) is 6.08 Å². The lowest BCUT2D eigenvalue weighted by atomic mass is 10.1. The number of benzene rings is 3. The molecule has 0 unspecified atom stereocenters. The van der Waals surface area contributed by atoms with E-state index in [1.54, 1.807) is 42.5 Å². The lowest BCUT2D eigenvalue weighted by molar-refractivity contribution is -0.127. The third-order valence-corrected chi connectivity index (χ3v) is 5.51. The highest BCUT2D eigenvalue weighted by Gasteiger charge is 2.35. The number of rotatable bonds is 9. The third kappa shape index (κ3) is 6.55. The van der Waals surface area contributed by atoms with Gasteiger partial charge in [0.05, 0.1) is 7.11 Å². The van der Waals surface area contributed by atoms with E-state index in [0.717, 1.165) is 10.5 Å². The number of nitrogens with one attached hydrogen (secondary N) is 3. The standard InChI is InChI=1S/C28H26N4O6/c1-18-8-11-21(12-9-18)29-25(33)16-32-27(35)22(31-28(32)36)14-19-10-13-23(24(15-19)37-2)38-17-26(34)30-20-6-4-3-5-7-20/h3-15H,16-17H2,1-2H3,(H,29,33)(H,30,34)(H,31,36)/b22-14+. The van der Waals surface area contributed by atoms with Crippen LogP contribution >= 0.6 is 0 Å². The number of anilines is 2. The molecule has 3 aromatic rings. The molecule has 0 atom stereocenters. The molecule has 0 spiro atoms. The normalized spacial score (nSPS) is 13.7. The molecular weight excluding hydrogens is 488 g/mol. The summed E-state index contributed by atoms with van der Waals surface area (Å²) in [6, 6.07) is 20.3. The van der Waals surface area contributed by atoms with E-state index in [1.165, 1.54) is 13.2 Å². The molecule has 1 saturated heterocycles. The predicted octanol–water partition coefficient (Wildman–Crippen LogP) is 3.55. The number of urea groups is 1. The molecule has 1 aliphatic heterocycles. The lowest BCUT2D eigenvalue weighted by Gasteiger charge is -2.12. The third-order valence-electron chi connectivity index (χ3n) is 5.51. The smallest absolute Gasteiger partial charge is 0.329 e. The zero-order valence-electron chi connectivity index (χ0n) is 20.8. The largest absolute Gasteiger partial charge is 0.493 e. The van der Waals surface area contributed by atoms with Crippen molar-refractivity contribution >= 4 is 41.2 Å². The van der Waals surface area contributed by atoms with Gasteiger partial charge in [-0.2, -0.15) is 0 Å². The zero-order chi connectivity index (χ0) is 27.1. The van der Waals surface area contributed by atoms with Crippen LogP contribution < -0.4 is 25.4 Å². The number of aryl methyl sites for hydroxylation is 1. The number of para-hydroxylation sites is 1. The Morgan fingerprint density at radius 1 is 0.895 bits per heavy atom. The molecule has 4 rings (SSSR count). The number of ether oxygens (including phenoxy) is 2. The highest BCUT2D eigenvalue weighted by molar-refractivity contribution is 6.16. The second kappa shape index (κ2) is 11.7. The summed E-state index contributed by atoms with van der Waals surface area (Å²) >= 11 is 0. The van der Waals surface area contributed by atoms with Crippen LogP contribution in [0.15, 0.2) is 78.5 Å². The van der Waals surface area contributed by atoms with Crippen molar-refractivity contribution in [1.29, 1.82) is 0 Å². The molecule has 3 aromatic carbocycles. The van der Waals surface area contributed by atoms with Gasteiger partial charge in [-0.1, -0.05) is 42.0 Å². The number of methoxy groups -OCH3 is 1. The Balaban J connectivity index is 1.38. The first kappa shape index (κ1) is 26.0. The quantitative estimate of drug-likeness (QED) is 0.296. The Labute approximate surface area is 219 Å². The van der Waals surface area contributed by atoms with E-state index in [4.69, 9.17) is 9.47 Å². The SMILES string of the molecule is COc1cc(/C=C2/NC(=O)N(CC(=O)Nc3ccc(C)cc3)C2=O)ccc1OCC(=O)Nc1ccccc1. The highest BCUT2D eigenvalue weighted by atomic mass is 16.5. The minimum atomic E-state index is -0.698. The van der Waals surface area contributed by atoms with Gasteiger partial charge < -0.3 is 25.4 Å². The lowest BCUT2D eigenvalue weighted by Crippen LogP contribution is -2.38. The molecule has 10 heteroatoms. The molecule has 1 heterocycles. The van der Waals surface area contributed by atoms with E-state index < -0.39 is 24.4 Å². The van der Waals surface area contributed by atoms with E-state index >= 15 is 0 Å². The Bertz CT molecular complexity index is 1390. The van der Waals surface area contributed by atoms with Gasteiger partial charge in [0.15, 0.2) is 18.1 Å². The van der Waals surface area contributed by atoms with Gasteiger partial charge in [0.1, 0.15) is 12.2 Å². The maximum Gasteiger partial charge on any atom is 0.329 e. The Morgan fingerprint density at radius 3 is 2.29 bits per heavy atom. The summed E-state index contributed by atoms with van der Waals surface area (Å²) < 4.78 is 11.0. The molecule has 38 heavy (non-hydrogen) atoms. The fourth-order valence-electron chi connectivity index (χ4n) is 3.62. The fourth-order valence-corrected chi connectivity index (χ4v) is 3.62. The molecule has 0 saturated carbocycles. The summed E-state index contributed by atoms with van der Waals surface area (Å²) in [5.74, 6) is -0.814. The van der Waals surface area contributed by atoms with Crippen molar-refractivity contribution in [2.24, 2.45) is 0 Å².